The first kappa shape index (κ1) is 17.3. The Hall–Kier alpha value is -2.06. The number of carbonyl (C=O) groups is 1. The topological polar surface area (TPSA) is 76.1 Å². The number of carbonyl (C=O) groups excluding carboxylic acids is 1. The molecule has 1 aromatic heterocycles. The zero-order valence-corrected chi connectivity index (χ0v) is 14.4. The maximum Gasteiger partial charge on any atom is 0.234 e. The molecule has 0 spiro atoms. The monoisotopic (exact) mass is 350 g/mol. The number of aromatic nitrogens is 2. The number of nitrogens with one attached hydrogen (secondary N) is 2. The van der Waals surface area contributed by atoms with Crippen molar-refractivity contribution in [1.29, 1.82) is 0 Å². The van der Waals surface area contributed by atoms with Gasteiger partial charge in [-0.05, 0) is 31.2 Å². The van der Waals surface area contributed by atoms with Gasteiger partial charge in [-0.15, -0.1) is 16.8 Å². The van der Waals surface area contributed by atoms with Gasteiger partial charge in [0.1, 0.15) is 5.75 Å². The van der Waals surface area contributed by atoms with Gasteiger partial charge in [0.15, 0.2) is 4.34 Å². The SMILES string of the molecule is C=CCNc1nnc(SCC(=O)Nc2ccc(OCC)cc2)s1. The second kappa shape index (κ2) is 9.16. The molecular formula is C15H18N4O2S2. The van der Waals surface area contributed by atoms with Gasteiger partial charge in [0.25, 0.3) is 0 Å². The van der Waals surface area contributed by atoms with Crippen LogP contribution in [0.25, 0.3) is 0 Å². The van der Waals surface area contributed by atoms with Crippen LogP contribution in [0.5, 0.6) is 5.75 Å². The molecule has 1 amide bonds. The highest BCUT2D eigenvalue weighted by atomic mass is 32.2. The van der Waals surface area contributed by atoms with E-state index in [1.54, 1.807) is 6.08 Å². The molecule has 8 heteroatoms. The zero-order valence-electron chi connectivity index (χ0n) is 12.7. The van der Waals surface area contributed by atoms with E-state index in [0.29, 0.717) is 13.2 Å². The average molecular weight is 350 g/mol. The van der Waals surface area contributed by atoms with Crippen LogP contribution in [0.2, 0.25) is 0 Å². The summed E-state index contributed by atoms with van der Waals surface area (Å²) in [4.78, 5) is 11.9. The summed E-state index contributed by atoms with van der Waals surface area (Å²) < 4.78 is 6.11. The zero-order chi connectivity index (χ0) is 16.5. The van der Waals surface area contributed by atoms with Crippen molar-refractivity contribution in [2.75, 3.05) is 29.5 Å². The van der Waals surface area contributed by atoms with Crippen LogP contribution in [0.1, 0.15) is 6.92 Å². The van der Waals surface area contributed by atoms with Crippen molar-refractivity contribution >= 4 is 39.8 Å². The van der Waals surface area contributed by atoms with Crippen LogP contribution in [0, 0.1) is 0 Å². The van der Waals surface area contributed by atoms with Crippen LogP contribution in [0.15, 0.2) is 41.3 Å². The number of ether oxygens (including phenoxy) is 1. The number of hydrogen-bond acceptors (Lipinski definition) is 7. The lowest BCUT2D eigenvalue weighted by Gasteiger charge is -2.06. The highest BCUT2D eigenvalue weighted by Crippen LogP contribution is 2.25. The van der Waals surface area contributed by atoms with E-state index in [0.717, 1.165) is 20.9 Å². The Kier molecular flexibility index (Phi) is 6.89. The van der Waals surface area contributed by atoms with Gasteiger partial charge in [-0.25, -0.2) is 0 Å². The fourth-order valence-corrected chi connectivity index (χ4v) is 3.18. The number of amides is 1. The van der Waals surface area contributed by atoms with Crippen molar-refractivity contribution < 1.29 is 9.53 Å². The van der Waals surface area contributed by atoms with Crippen LogP contribution in [0.3, 0.4) is 0 Å². The molecule has 0 radical (unpaired) electrons. The Morgan fingerprint density at radius 2 is 2.17 bits per heavy atom. The van der Waals surface area contributed by atoms with E-state index >= 15 is 0 Å². The lowest BCUT2D eigenvalue weighted by Crippen LogP contribution is -2.13. The molecule has 1 heterocycles. The summed E-state index contributed by atoms with van der Waals surface area (Å²) in [5.41, 5.74) is 0.740. The van der Waals surface area contributed by atoms with Gasteiger partial charge < -0.3 is 15.4 Å². The molecule has 2 N–H and O–H groups in total. The Labute approximate surface area is 143 Å². The molecule has 2 aromatic rings. The van der Waals surface area contributed by atoms with Crippen molar-refractivity contribution in [1.82, 2.24) is 10.2 Å². The molecule has 0 unspecified atom stereocenters. The molecule has 122 valence electrons. The minimum Gasteiger partial charge on any atom is -0.494 e. The lowest BCUT2D eigenvalue weighted by atomic mass is 10.3. The molecule has 0 aliphatic rings. The highest BCUT2D eigenvalue weighted by Gasteiger charge is 2.08. The minimum atomic E-state index is -0.0880. The van der Waals surface area contributed by atoms with Crippen LogP contribution in [0.4, 0.5) is 10.8 Å². The number of hydrogen-bond donors (Lipinski definition) is 2. The van der Waals surface area contributed by atoms with E-state index in [1.807, 2.05) is 31.2 Å². The summed E-state index contributed by atoms with van der Waals surface area (Å²) in [6.07, 6.45) is 1.75. The third-order valence-electron chi connectivity index (χ3n) is 2.58. The Balaban J connectivity index is 1.78. The van der Waals surface area contributed by atoms with E-state index in [9.17, 15) is 4.79 Å². The van der Waals surface area contributed by atoms with Crippen molar-refractivity contribution in [3.8, 4) is 5.75 Å². The average Bonchev–Trinajstić information content (AvgIpc) is 3.01. The second-order valence-corrected chi connectivity index (χ2v) is 6.54. The maximum atomic E-state index is 11.9. The fourth-order valence-electron chi connectivity index (χ4n) is 1.62. The largest absolute Gasteiger partial charge is 0.494 e. The highest BCUT2D eigenvalue weighted by molar-refractivity contribution is 8.01. The van der Waals surface area contributed by atoms with Gasteiger partial charge in [-0.1, -0.05) is 29.2 Å². The van der Waals surface area contributed by atoms with Crippen LogP contribution >= 0.6 is 23.1 Å². The summed E-state index contributed by atoms with van der Waals surface area (Å²) in [5.74, 6) is 0.979. The van der Waals surface area contributed by atoms with Crippen molar-refractivity contribution in [3.63, 3.8) is 0 Å². The quantitative estimate of drug-likeness (QED) is 0.534. The molecule has 0 aliphatic carbocycles. The Morgan fingerprint density at radius 1 is 1.39 bits per heavy atom. The molecule has 1 aromatic carbocycles. The van der Waals surface area contributed by atoms with Crippen LogP contribution in [-0.2, 0) is 4.79 Å². The van der Waals surface area contributed by atoms with Gasteiger partial charge in [0.2, 0.25) is 11.0 Å². The number of benzene rings is 1. The molecule has 0 fully saturated rings. The summed E-state index contributed by atoms with van der Waals surface area (Å²) in [6, 6.07) is 7.29. The Bertz CT molecular complexity index is 643. The normalized spacial score (nSPS) is 10.1. The summed E-state index contributed by atoms with van der Waals surface area (Å²) >= 11 is 2.77. The predicted molar refractivity (Wildman–Crippen MR) is 95.6 cm³/mol. The van der Waals surface area contributed by atoms with Gasteiger partial charge in [0, 0.05) is 12.2 Å². The molecule has 23 heavy (non-hydrogen) atoms. The van der Waals surface area contributed by atoms with E-state index in [2.05, 4.69) is 27.4 Å². The van der Waals surface area contributed by atoms with Crippen LogP contribution < -0.4 is 15.4 Å². The standard InChI is InChI=1S/C15H18N4O2S2/c1-3-9-16-14-18-19-15(23-14)22-10-13(20)17-11-5-7-12(8-6-11)21-4-2/h3,5-8H,1,4,9-10H2,2H3,(H,16,18)(H,17,20). The third kappa shape index (κ3) is 5.91. The minimum absolute atomic E-state index is 0.0880. The summed E-state index contributed by atoms with van der Waals surface area (Å²) in [6.45, 7) is 6.81. The van der Waals surface area contributed by atoms with Crippen molar-refractivity contribution in [2.24, 2.45) is 0 Å². The number of rotatable bonds is 9. The number of thioether (sulfide) groups is 1. The first-order valence-corrected chi connectivity index (χ1v) is 8.85. The Morgan fingerprint density at radius 3 is 2.87 bits per heavy atom. The smallest absolute Gasteiger partial charge is 0.234 e. The summed E-state index contributed by atoms with van der Waals surface area (Å²) in [5, 5.41) is 14.6. The molecular weight excluding hydrogens is 332 g/mol. The van der Waals surface area contributed by atoms with E-state index < -0.39 is 0 Å². The van der Waals surface area contributed by atoms with Gasteiger partial charge in [0.05, 0.1) is 12.4 Å². The van der Waals surface area contributed by atoms with Gasteiger partial charge in [-0.3, -0.25) is 4.79 Å². The summed E-state index contributed by atoms with van der Waals surface area (Å²) in [7, 11) is 0. The van der Waals surface area contributed by atoms with E-state index in [1.165, 1.54) is 23.1 Å². The third-order valence-corrected chi connectivity index (χ3v) is 4.59. The maximum absolute atomic E-state index is 11.9. The lowest BCUT2D eigenvalue weighted by molar-refractivity contribution is -0.113. The van der Waals surface area contributed by atoms with Crippen LogP contribution in [-0.4, -0.2) is 35.0 Å². The van der Waals surface area contributed by atoms with Crippen molar-refractivity contribution in [3.05, 3.63) is 36.9 Å². The van der Waals surface area contributed by atoms with E-state index in [4.69, 9.17) is 4.74 Å². The van der Waals surface area contributed by atoms with Crippen molar-refractivity contribution in [2.45, 2.75) is 11.3 Å². The number of anilines is 2. The molecule has 0 saturated carbocycles. The molecule has 0 atom stereocenters. The predicted octanol–water partition coefficient (Wildman–Crippen LogP) is 3.27. The second-order valence-electron chi connectivity index (χ2n) is 4.34. The first-order valence-electron chi connectivity index (χ1n) is 7.05. The van der Waals surface area contributed by atoms with Gasteiger partial charge >= 0.3 is 0 Å². The molecule has 0 aliphatic heterocycles. The fraction of sp³-hybridized carbons (Fsp3) is 0.267. The van der Waals surface area contributed by atoms with E-state index in [-0.39, 0.29) is 11.7 Å². The molecule has 6 nitrogen and oxygen atoms in total. The van der Waals surface area contributed by atoms with Gasteiger partial charge in [-0.2, -0.15) is 0 Å². The molecule has 0 saturated heterocycles. The number of nitrogens with zero attached hydrogens (tertiary/aromatic N) is 2. The first-order chi connectivity index (χ1) is 11.2. The molecule has 2 rings (SSSR count). The molecule has 0 bridgehead atoms.